The summed E-state index contributed by atoms with van der Waals surface area (Å²) >= 11 is 0. The van der Waals surface area contributed by atoms with Crippen LogP contribution in [-0.4, -0.2) is 20.1 Å². The van der Waals surface area contributed by atoms with Gasteiger partial charge in [0.1, 0.15) is 5.82 Å². The van der Waals surface area contributed by atoms with Gasteiger partial charge >= 0.3 is 0 Å². The van der Waals surface area contributed by atoms with E-state index in [1.807, 2.05) is 37.3 Å². The summed E-state index contributed by atoms with van der Waals surface area (Å²) < 4.78 is 0. The Morgan fingerprint density at radius 3 is 2.43 bits per heavy atom. The molecule has 0 amide bonds. The maximum atomic E-state index is 9.72. The molecule has 0 aliphatic heterocycles. The molecule has 0 radical (unpaired) electrons. The van der Waals surface area contributed by atoms with Gasteiger partial charge in [0.25, 0.3) is 0 Å². The minimum absolute atomic E-state index is 0.0858. The predicted molar refractivity (Wildman–Crippen MR) is 82.3 cm³/mol. The van der Waals surface area contributed by atoms with Crippen molar-refractivity contribution in [3.8, 4) is 11.3 Å². The summed E-state index contributed by atoms with van der Waals surface area (Å²) in [5, 5.41) is 10.4. The molecule has 0 saturated heterocycles. The van der Waals surface area contributed by atoms with E-state index in [4.69, 9.17) is 11.5 Å². The van der Waals surface area contributed by atoms with Crippen LogP contribution in [0.3, 0.4) is 0 Å². The highest BCUT2D eigenvalue weighted by Gasteiger charge is 2.16. The summed E-state index contributed by atoms with van der Waals surface area (Å²) in [5.41, 5.74) is 15.1. The van der Waals surface area contributed by atoms with Gasteiger partial charge in [0, 0.05) is 11.1 Å². The number of hydrogen-bond acceptors (Lipinski definition) is 6. The molecule has 21 heavy (non-hydrogen) atoms. The third-order valence-electron chi connectivity index (χ3n) is 3.47. The van der Waals surface area contributed by atoms with E-state index < -0.39 is 0 Å². The van der Waals surface area contributed by atoms with Crippen molar-refractivity contribution in [2.24, 2.45) is 0 Å². The summed E-state index contributed by atoms with van der Waals surface area (Å²) in [6, 6.07) is 9.62. The molecule has 0 aliphatic carbocycles. The molecule has 1 aromatic carbocycles. The molecule has 0 atom stereocenters. The lowest BCUT2D eigenvalue weighted by atomic mass is 9.99. The summed E-state index contributed by atoms with van der Waals surface area (Å²) in [5.74, 6) is 0.361. The fourth-order valence-electron chi connectivity index (χ4n) is 2.45. The fourth-order valence-corrected chi connectivity index (χ4v) is 2.45. The van der Waals surface area contributed by atoms with E-state index in [1.165, 1.54) is 0 Å². The predicted octanol–water partition coefficient (Wildman–Crippen LogP) is 1.66. The molecule has 0 unspecified atom stereocenters. The molecule has 3 rings (SSSR count). The lowest BCUT2D eigenvalue weighted by Gasteiger charge is -2.14. The minimum Gasteiger partial charge on any atom is -0.392 e. The van der Waals surface area contributed by atoms with Crippen molar-refractivity contribution < 1.29 is 5.11 Å². The van der Waals surface area contributed by atoms with Crippen molar-refractivity contribution in [3.63, 3.8) is 0 Å². The van der Waals surface area contributed by atoms with Gasteiger partial charge in [-0.15, -0.1) is 0 Å². The number of benzene rings is 1. The highest BCUT2D eigenvalue weighted by molar-refractivity contribution is 5.92. The normalized spacial score (nSPS) is 11.0. The molecule has 2 aromatic heterocycles. The smallest absolute Gasteiger partial charge is 0.224 e. The van der Waals surface area contributed by atoms with Gasteiger partial charge in [0.2, 0.25) is 5.95 Å². The number of aliphatic hydroxyl groups is 1. The monoisotopic (exact) mass is 281 g/mol. The van der Waals surface area contributed by atoms with Crippen LogP contribution in [0.5, 0.6) is 0 Å². The molecule has 5 N–H and O–H groups in total. The molecule has 3 aromatic rings. The van der Waals surface area contributed by atoms with Gasteiger partial charge in [-0.3, -0.25) is 0 Å². The number of fused-ring (bicyclic) bond motifs is 1. The Morgan fingerprint density at radius 2 is 1.76 bits per heavy atom. The molecule has 0 bridgehead atoms. The topological polar surface area (TPSA) is 111 Å². The van der Waals surface area contributed by atoms with Gasteiger partial charge in [-0.05, 0) is 12.5 Å². The number of pyridine rings is 1. The van der Waals surface area contributed by atoms with E-state index in [9.17, 15) is 5.11 Å². The molecule has 106 valence electrons. The van der Waals surface area contributed by atoms with Gasteiger partial charge in [-0.1, -0.05) is 30.3 Å². The highest BCUT2D eigenvalue weighted by Crippen LogP contribution is 2.31. The molecular weight excluding hydrogens is 266 g/mol. The number of hydrogen-bond donors (Lipinski definition) is 3. The van der Waals surface area contributed by atoms with E-state index in [2.05, 4.69) is 15.0 Å². The van der Waals surface area contributed by atoms with Crippen LogP contribution in [-0.2, 0) is 6.61 Å². The first-order chi connectivity index (χ1) is 10.1. The van der Waals surface area contributed by atoms with E-state index >= 15 is 0 Å². The molecule has 6 heteroatoms. The van der Waals surface area contributed by atoms with Crippen LogP contribution >= 0.6 is 0 Å². The third-order valence-corrected chi connectivity index (χ3v) is 3.47. The number of nitrogens with two attached hydrogens (primary N) is 2. The maximum absolute atomic E-state index is 9.72. The number of aromatic nitrogens is 3. The number of anilines is 2. The molecule has 0 aliphatic rings. The van der Waals surface area contributed by atoms with Gasteiger partial charge in [0.05, 0.1) is 17.7 Å². The van der Waals surface area contributed by atoms with Crippen molar-refractivity contribution in [2.45, 2.75) is 13.5 Å². The van der Waals surface area contributed by atoms with E-state index in [1.54, 1.807) is 0 Å². The second-order valence-corrected chi connectivity index (χ2v) is 4.75. The minimum atomic E-state index is -0.136. The van der Waals surface area contributed by atoms with Crippen LogP contribution in [0.2, 0.25) is 0 Å². The van der Waals surface area contributed by atoms with Crippen molar-refractivity contribution in [3.05, 3.63) is 41.5 Å². The molecule has 2 heterocycles. The average molecular weight is 281 g/mol. The van der Waals surface area contributed by atoms with Gasteiger partial charge in [-0.25, -0.2) is 4.98 Å². The van der Waals surface area contributed by atoms with E-state index in [0.717, 1.165) is 11.1 Å². The molecule has 0 saturated carbocycles. The van der Waals surface area contributed by atoms with Gasteiger partial charge in [-0.2, -0.15) is 9.97 Å². The van der Waals surface area contributed by atoms with Crippen LogP contribution in [0.1, 0.15) is 11.1 Å². The number of rotatable bonds is 2. The summed E-state index contributed by atoms with van der Waals surface area (Å²) in [4.78, 5) is 12.6. The summed E-state index contributed by atoms with van der Waals surface area (Å²) in [7, 11) is 0. The van der Waals surface area contributed by atoms with Crippen LogP contribution in [0.25, 0.3) is 22.3 Å². The molecule has 0 fully saturated rings. The van der Waals surface area contributed by atoms with E-state index in [0.29, 0.717) is 22.3 Å². The SMILES string of the molecule is Cc1c(CO)c(-c2ccccc2)nc2nc(N)nc(N)c12. The zero-order chi connectivity index (χ0) is 15.0. The number of aliphatic hydroxyl groups excluding tert-OH is 1. The zero-order valence-electron chi connectivity index (χ0n) is 11.5. The lowest BCUT2D eigenvalue weighted by molar-refractivity contribution is 0.281. The van der Waals surface area contributed by atoms with Crippen molar-refractivity contribution >= 4 is 22.8 Å². The largest absolute Gasteiger partial charge is 0.392 e. The average Bonchev–Trinajstić information content (AvgIpc) is 2.47. The Labute approximate surface area is 121 Å². The number of nitrogens with zero attached hydrogens (tertiary/aromatic N) is 3. The Hall–Kier alpha value is -2.73. The van der Waals surface area contributed by atoms with Crippen LogP contribution < -0.4 is 11.5 Å². The molecule has 0 spiro atoms. The first kappa shape index (κ1) is 13.3. The zero-order valence-corrected chi connectivity index (χ0v) is 11.5. The van der Waals surface area contributed by atoms with Crippen LogP contribution in [0, 0.1) is 6.92 Å². The quantitative estimate of drug-likeness (QED) is 0.658. The van der Waals surface area contributed by atoms with Crippen molar-refractivity contribution in [1.82, 2.24) is 15.0 Å². The Balaban J connectivity index is 2.41. The fraction of sp³-hybridized carbons (Fsp3) is 0.133. The number of nitrogen functional groups attached to an aromatic ring is 2. The number of aryl methyl sites for hydroxylation is 1. The van der Waals surface area contributed by atoms with Crippen molar-refractivity contribution in [1.29, 1.82) is 0 Å². The summed E-state index contributed by atoms with van der Waals surface area (Å²) in [6.07, 6.45) is 0. The molecule has 6 nitrogen and oxygen atoms in total. The first-order valence-electron chi connectivity index (χ1n) is 6.50. The maximum Gasteiger partial charge on any atom is 0.224 e. The third kappa shape index (κ3) is 2.15. The van der Waals surface area contributed by atoms with Crippen molar-refractivity contribution in [2.75, 3.05) is 11.5 Å². The first-order valence-corrected chi connectivity index (χ1v) is 6.50. The summed E-state index contributed by atoms with van der Waals surface area (Å²) in [6.45, 7) is 1.74. The van der Waals surface area contributed by atoms with Crippen LogP contribution in [0.15, 0.2) is 30.3 Å². The lowest BCUT2D eigenvalue weighted by Crippen LogP contribution is -2.06. The van der Waals surface area contributed by atoms with Gasteiger partial charge < -0.3 is 16.6 Å². The Bertz CT molecular complexity index is 817. The standard InChI is InChI=1S/C15H15N5O/c1-8-10(7-21)12(9-5-3-2-4-6-9)18-14-11(8)13(16)19-15(17)20-14/h2-6,21H,7H2,1H3,(H4,16,17,18,19,20). The Kier molecular flexibility index (Phi) is 3.15. The second kappa shape index (κ2) is 4.99. The second-order valence-electron chi connectivity index (χ2n) is 4.75. The Morgan fingerprint density at radius 1 is 1.05 bits per heavy atom. The van der Waals surface area contributed by atoms with Crippen LogP contribution in [0.4, 0.5) is 11.8 Å². The molecular formula is C15H15N5O. The van der Waals surface area contributed by atoms with E-state index in [-0.39, 0.29) is 18.4 Å². The van der Waals surface area contributed by atoms with Gasteiger partial charge in [0.15, 0.2) is 5.65 Å². The highest BCUT2D eigenvalue weighted by atomic mass is 16.3.